The van der Waals surface area contributed by atoms with E-state index in [9.17, 15) is 10.4 Å². The van der Waals surface area contributed by atoms with Crippen LogP contribution < -0.4 is 0 Å². The summed E-state index contributed by atoms with van der Waals surface area (Å²) in [6.07, 6.45) is 2.32. The van der Waals surface area contributed by atoms with Gasteiger partial charge in [-0.25, -0.2) is 4.39 Å². The van der Waals surface area contributed by atoms with Crippen molar-refractivity contribution in [1.29, 1.82) is 5.26 Å². The molecule has 3 aliphatic rings. The van der Waals surface area contributed by atoms with Gasteiger partial charge in [-0.15, -0.1) is 0 Å². The molecule has 162 valence electrons. The topological polar surface area (TPSA) is 65.7 Å². The number of aryl methyl sites for hydroxylation is 2. The Morgan fingerprint density at radius 3 is 2.42 bits per heavy atom. The molecule has 31 heavy (non-hydrogen) atoms. The molecule has 0 saturated heterocycles. The van der Waals surface area contributed by atoms with Gasteiger partial charge in [0.15, 0.2) is 5.60 Å². The van der Waals surface area contributed by atoms with Crippen LogP contribution in [0.1, 0.15) is 37.0 Å². The van der Waals surface area contributed by atoms with Crippen LogP contribution in [-0.2, 0) is 9.47 Å². The summed E-state index contributed by atoms with van der Waals surface area (Å²) >= 11 is 0. The quantitative estimate of drug-likeness (QED) is 0.740. The van der Waals surface area contributed by atoms with Gasteiger partial charge in [0.25, 0.3) is 0 Å². The highest BCUT2D eigenvalue weighted by Gasteiger charge is 2.47. The molecule has 6 heteroatoms. The molecular weight excluding hydrogens is 395 g/mol. The van der Waals surface area contributed by atoms with Crippen LogP contribution >= 0.6 is 0 Å². The molecule has 1 N–H and O–H groups in total. The molecule has 2 atom stereocenters. The van der Waals surface area contributed by atoms with Crippen molar-refractivity contribution in [2.24, 2.45) is 5.92 Å². The summed E-state index contributed by atoms with van der Waals surface area (Å²) in [7, 11) is 2.97. The van der Waals surface area contributed by atoms with E-state index in [4.69, 9.17) is 9.47 Å². The van der Waals surface area contributed by atoms with E-state index in [1.165, 1.54) is 14.2 Å². The van der Waals surface area contributed by atoms with E-state index in [1.807, 2.05) is 39.0 Å². The van der Waals surface area contributed by atoms with E-state index in [0.29, 0.717) is 29.9 Å². The fourth-order valence-electron chi connectivity index (χ4n) is 5.04. The van der Waals surface area contributed by atoms with Crippen LogP contribution in [0.4, 0.5) is 4.39 Å². The van der Waals surface area contributed by atoms with Gasteiger partial charge in [0, 0.05) is 36.2 Å². The number of nitriles is 1. The molecule has 1 aliphatic carbocycles. The van der Waals surface area contributed by atoms with E-state index in [0.717, 1.165) is 33.7 Å². The normalized spacial score (nSPS) is 25.4. The molecule has 4 rings (SSSR count). The smallest absolute Gasteiger partial charge is 0.173 e. The molecule has 5 nitrogen and oxygen atoms in total. The number of ether oxygens (including phenoxy) is 2. The van der Waals surface area contributed by atoms with Crippen LogP contribution in [0, 0.1) is 31.1 Å². The minimum atomic E-state index is -1.27. The predicted molar refractivity (Wildman–Crippen MR) is 116 cm³/mol. The molecule has 0 aromatic heterocycles. The van der Waals surface area contributed by atoms with Crippen molar-refractivity contribution in [2.45, 2.75) is 39.7 Å². The number of allylic oxidation sites excluding steroid dienone is 4. The van der Waals surface area contributed by atoms with Gasteiger partial charge >= 0.3 is 0 Å². The molecule has 0 saturated carbocycles. The molecule has 1 aromatic carbocycles. The minimum Gasteiger partial charge on any atom is -0.507 e. The molecule has 2 unspecified atom stereocenters. The van der Waals surface area contributed by atoms with Gasteiger partial charge in [-0.2, -0.15) is 5.26 Å². The summed E-state index contributed by atoms with van der Waals surface area (Å²) in [5, 5.41) is 20.4. The lowest BCUT2D eigenvalue weighted by molar-refractivity contribution is 0.00468. The first-order valence-electron chi connectivity index (χ1n) is 10.3. The van der Waals surface area contributed by atoms with Crippen molar-refractivity contribution in [2.75, 3.05) is 20.8 Å². The number of rotatable bonds is 3. The number of phenolic OH excluding ortho intramolecular Hbond substituents is 1. The third-order valence-corrected chi connectivity index (χ3v) is 6.82. The lowest BCUT2D eigenvalue weighted by Gasteiger charge is -2.38. The lowest BCUT2D eigenvalue weighted by Crippen LogP contribution is -2.38. The summed E-state index contributed by atoms with van der Waals surface area (Å²) in [5.74, 6) is -0.280. The Balaban J connectivity index is 1.95. The number of aromatic hydroxyl groups is 1. The highest BCUT2D eigenvalue weighted by atomic mass is 19.1. The van der Waals surface area contributed by atoms with Crippen LogP contribution in [0.3, 0.4) is 0 Å². The molecule has 0 bridgehead atoms. The van der Waals surface area contributed by atoms with E-state index >= 15 is 4.39 Å². The Morgan fingerprint density at radius 2 is 1.87 bits per heavy atom. The number of hydrogen-bond donors (Lipinski definition) is 1. The fourth-order valence-corrected chi connectivity index (χ4v) is 5.04. The zero-order valence-corrected chi connectivity index (χ0v) is 18.8. The van der Waals surface area contributed by atoms with Gasteiger partial charge in [0.2, 0.25) is 0 Å². The third-order valence-electron chi connectivity index (χ3n) is 6.82. The first-order chi connectivity index (χ1) is 14.7. The molecule has 2 heterocycles. The van der Waals surface area contributed by atoms with E-state index in [2.05, 4.69) is 11.0 Å². The Kier molecular flexibility index (Phi) is 4.98. The minimum absolute atomic E-state index is 0.263. The number of halogens is 1. The maximum atomic E-state index is 15.6. The Morgan fingerprint density at radius 1 is 1.23 bits per heavy atom. The van der Waals surface area contributed by atoms with Crippen LogP contribution in [0.15, 0.2) is 52.3 Å². The van der Waals surface area contributed by atoms with Gasteiger partial charge in [-0.05, 0) is 74.6 Å². The molecule has 1 aromatic rings. The Labute approximate surface area is 182 Å². The molecule has 0 radical (unpaired) electrons. The molecule has 2 aliphatic heterocycles. The van der Waals surface area contributed by atoms with Crippen LogP contribution in [0.2, 0.25) is 0 Å². The van der Waals surface area contributed by atoms with Gasteiger partial charge < -0.3 is 19.5 Å². The zero-order chi connectivity index (χ0) is 22.7. The van der Waals surface area contributed by atoms with Crippen molar-refractivity contribution >= 4 is 5.57 Å². The van der Waals surface area contributed by atoms with Crippen molar-refractivity contribution < 1.29 is 19.0 Å². The van der Waals surface area contributed by atoms with E-state index in [-0.39, 0.29) is 11.6 Å². The molecular formula is C25H27FN2O3. The summed E-state index contributed by atoms with van der Waals surface area (Å²) in [6.45, 7) is 7.94. The van der Waals surface area contributed by atoms with Crippen molar-refractivity contribution in [3.63, 3.8) is 0 Å². The van der Waals surface area contributed by atoms with Crippen molar-refractivity contribution in [3.8, 4) is 11.8 Å². The van der Waals surface area contributed by atoms with Crippen LogP contribution in [0.5, 0.6) is 5.75 Å². The summed E-state index contributed by atoms with van der Waals surface area (Å²) in [6, 6.07) is 6.26. The fraction of sp³-hybridized carbons (Fsp3) is 0.400. The van der Waals surface area contributed by atoms with Gasteiger partial charge in [-0.3, -0.25) is 0 Å². The van der Waals surface area contributed by atoms with Crippen molar-refractivity contribution in [3.05, 3.63) is 69.0 Å². The molecule has 0 spiro atoms. The van der Waals surface area contributed by atoms with Gasteiger partial charge in [0.05, 0.1) is 13.2 Å². The Hall–Kier alpha value is -3.04. The predicted octanol–water partition coefficient (Wildman–Crippen LogP) is 5.03. The third kappa shape index (κ3) is 2.84. The van der Waals surface area contributed by atoms with Crippen LogP contribution in [-0.4, -0.2) is 36.4 Å². The first kappa shape index (κ1) is 21.2. The number of fused-ring (bicyclic) bond motifs is 2. The van der Waals surface area contributed by atoms with Gasteiger partial charge in [-0.1, -0.05) is 0 Å². The summed E-state index contributed by atoms with van der Waals surface area (Å²) < 4.78 is 26.6. The highest BCUT2D eigenvalue weighted by Crippen LogP contribution is 2.52. The first-order valence-corrected chi connectivity index (χ1v) is 10.3. The molecule has 0 fully saturated rings. The van der Waals surface area contributed by atoms with Gasteiger partial charge in [0.1, 0.15) is 23.3 Å². The van der Waals surface area contributed by atoms with E-state index in [1.54, 1.807) is 6.92 Å². The lowest BCUT2D eigenvalue weighted by atomic mass is 9.80. The summed E-state index contributed by atoms with van der Waals surface area (Å²) in [4.78, 5) is 2.12. The number of nitrogens with zero attached hydrogens (tertiary/aromatic N) is 2. The Bertz CT molecular complexity index is 1130. The average molecular weight is 423 g/mol. The number of phenols is 1. The second kappa shape index (κ2) is 7.28. The number of benzene rings is 1. The number of methoxy groups -OCH3 is 2. The largest absolute Gasteiger partial charge is 0.507 e. The van der Waals surface area contributed by atoms with E-state index < -0.39 is 11.5 Å². The van der Waals surface area contributed by atoms with Crippen LogP contribution in [0.25, 0.3) is 5.57 Å². The average Bonchev–Trinajstić information content (AvgIpc) is 3.05. The maximum absolute atomic E-state index is 15.6. The monoisotopic (exact) mass is 422 g/mol. The second-order valence-electron chi connectivity index (χ2n) is 8.46. The maximum Gasteiger partial charge on any atom is 0.173 e. The number of hydrogen-bond acceptors (Lipinski definition) is 5. The standard InChI is InChI=1S/C25H27FN2O3/c1-13-9-16(10-14(2)23(13)29)21-15(3)28-8-7-17-18(22(28)19(21)12-27)11-20(30-5)25(4,31-6)24(17)26/h9-11,19,29H,7-8H2,1-6H3. The van der Waals surface area contributed by atoms with Crippen molar-refractivity contribution in [1.82, 2.24) is 4.90 Å². The molecule has 0 amide bonds. The second-order valence-corrected chi connectivity index (χ2v) is 8.46. The zero-order valence-electron chi connectivity index (χ0n) is 18.8. The summed E-state index contributed by atoms with van der Waals surface area (Å²) in [5.41, 5.74) is 5.07. The highest BCUT2D eigenvalue weighted by molar-refractivity contribution is 5.80. The SMILES string of the molecule is COC1=CC2=C3C(C#N)C(c4cc(C)c(O)c(C)c4)=C(C)N3CCC2=C(F)C1(C)OC.